The van der Waals surface area contributed by atoms with Crippen LogP contribution in [0.1, 0.15) is 23.2 Å². The second kappa shape index (κ2) is 10.4. The Balaban J connectivity index is 1.29. The Morgan fingerprint density at radius 1 is 1.07 bits per heavy atom. The van der Waals surface area contributed by atoms with Gasteiger partial charge >= 0.3 is 0 Å². The maximum Gasteiger partial charge on any atom is 0.261 e. The predicted octanol–water partition coefficient (Wildman–Crippen LogP) is 6.59. The van der Waals surface area contributed by atoms with E-state index in [2.05, 4.69) is 37.0 Å². The molecule has 0 saturated carbocycles. The highest BCUT2D eigenvalue weighted by Crippen LogP contribution is 2.34. The molecule has 1 aliphatic rings. The van der Waals surface area contributed by atoms with Gasteiger partial charge in [-0.1, -0.05) is 6.58 Å². The van der Waals surface area contributed by atoms with Crippen LogP contribution in [0.2, 0.25) is 0 Å². The first-order valence-electron chi connectivity index (χ1n) is 12.9. The molecule has 0 aliphatic carbocycles. The van der Waals surface area contributed by atoms with Crippen molar-refractivity contribution >= 4 is 22.4 Å². The number of benzene rings is 1. The molecule has 2 N–H and O–H groups in total. The van der Waals surface area contributed by atoms with Crippen molar-refractivity contribution in [2.45, 2.75) is 25.8 Å². The molecule has 0 amide bonds. The first-order valence-corrected chi connectivity index (χ1v) is 12.9. The summed E-state index contributed by atoms with van der Waals surface area (Å²) in [5, 5.41) is 10.3. The standard InChI is InChI=1S/C30H25F4N7/c1-17-24(7-9-36-27(17)20-3-5-22(31)6-4-20)38-18(2)28-25-26(32)23(14-37-29(25)40-39-28)21-11-19(12-35-13-21)15-41-10-8-30(33,34)16-41/h3-7,9,11-14H,2,8,10,15-16H2,1H3,(H,36,38)(H,37,39,40). The third kappa shape index (κ3) is 5.28. The van der Waals surface area contributed by atoms with Crippen molar-refractivity contribution < 1.29 is 17.6 Å². The lowest BCUT2D eigenvalue weighted by Crippen LogP contribution is -2.24. The van der Waals surface area contributed by atoms with Gasteiger partial charge in [-0.05, 0) is 54.4 Å². The molecule has 7 nitrogen and oxygen atoms in total. The molecule has 0 atom stereocenters. The Kier molecular flexibility index (Phi) is 6.74. The van der Waals surface area contributed by atoms with E-state index in [9.17, 15) is 13.2 Å². The first-order chi connectivity index (χ1) is 19.7. The van der Waals surface area contributed by atoms with Crippen LogP contribution < -0.4 is 5.32 Å². The monoisotopic (exact) mass is 559 g/mol. The van der Waals surface area contributed by atoms with Gasteiger partial charge in [0, 0.05) is 66.7 Å². The van der Waals surface area contributed by atoms with Gasteiger partial charge in [0.25, 0.3) is 5.92 Å². The summed E-state index contributed by atoms with van der Waals surface area (Å²) in [6, 6.07) is 9.54. The average molecular weight is 560 g/mol. The number of nitrogens with zero attached hydrogens (tertiary/aromatic N) is 5. The lowest BCUT2D eigenvalue weighted by Gasteiger charge is -2.16. The molecule has 1 fully saturated rings. The summed E-state index contributed by atoms with van der Waals surface area (Å²) in [4.78, 5) is 14.6. The van der Waals surface area contributed by atoms with Gasteiger partial charge in [0.05, 0.1) is 29.0 Å². The number of aromatic amines is 1. The molecule has 0 spiro atoms. The molecule has 0 unspecified atom stereocenters. The molecule has 5 heterocycles. The molecule has 208 valence electrons. The topological polar surface area (TPSA) is 82.6 Å². The van der Waals surface area contributed by atoms with Gasteiger partial charge in [-0.25, -0.2) is 22.5 Å². The van der Waals surface area contributed by atoms with Crippen molar-refractivity contribution in [1.82, 2.24) is 30.0 Å². The molecule has 1 aromatic carbocycles. The Morgan fingerprint density at radius 2 is 1.88 bits per heavy atom. The van der Waals surface area contributed by atoms with Crippen LogP contribution in [0, 0.1) is 18.6 Å². The number of anilines is 1. The van der Waals surface area contributed by atoms with Crippen LogP contribution in [0.15, 0.2) is 67.8 Å². The van der Waals surface area contributed by atoms with Crippen LogP contribution in [-0.2, 0) is 6.54 Å². The van der Waals surface area contributed by atoms with Gasteiger partial charge in [0.1, 0.15) is 11.6 Å². The minimum Gasteiger partial charge on any atom is -0.354 e. The number of H-pyrrole nitrogens is 1. The Labute approximate surface area is 233 Å². The predicted molar refractivity (Wildman–Crippen MR) is 149 cm³/mol. The second-order valence-corrected chi connectivity index (χ2v) is 10.1. The zero-order valence-corrected chi connectivity index (χ0v) is 22.1. The number of nitrogens with one attached hydrogen (secondary N) is 2. The van der Waals surface area contributed by atoms with E-state index in [1.54, 1.807) is 41.6 Å². The van der Waals surface area contributed by atoms with Gasteiger partial charge in [-0.3, -0.25) is 20.0 Å². The average Bonchev–Trinajstić information content (AvgIpc) is 3.54. The summed E-state index contributed by atoms with van der Waals surface area (Å²) in [6.07, 6.45) is 5.93. The molecule has 11 heteroatoms. The SMILES string of the molecule is C=C(Nc1ccnc(-c2ccc(F)cc2)c1C)c1[nH]nc2ncc(-c3cncc(CN4CCC(F)(F)C4)c3)c(F)c12. The van der Waals surface area contributed by atoms with Crippen molar-refractivity contribution in [2.75, 3.05) is 18.4 Å². The molecule has 5 aromatic rings. The number of rotatable bonds is 7. The van der Waals surface area contributed by atoms with Crippen molar-refractivity contribution in [3.8, 4) is 22.4 Å². The smallest absolute Gasteiger partial charge is 0.261 e. The molecule has 4 aromatic heterocycles. The van der Waals surface area contributed by atoms with Crippen molar-refractivity contribution in [3.63, 3.8) is 0 Å². The zero-order valence-electron chi connectivity index (χ0n) is 22.1. The summed E-state index contributed by atoms with van der Waals surface area (Å²) < 4.78 is 56.7. The summed E-state index contributed by atoms with van der Waals surface area (Å²) in [7, 11) is 0. The molecule has 41 heavy (non-hydrogen) atoms. The van der Waals surface area contributed by atoms with Gasteiger partial charge in [0.2, 0.25) is 0 Å². The normalized spacial score (nSPS) is 15.0. The van der Waals surface area contributed by atoms with Crippen LogP contribution in [0.25, 0.3) is 39.1 Å². The third-order valence-corrected chi connectivity index (χ3v) is 7.19. The summed E-state index contributed by atoms with van der Waals surface area (Å²) in [5.74, 6) is -3.60. The van der Waals surface area contributed by atoms with Crippen LogP contribution in [0.3, 0.4) is 0 Å². The number of alkyl halides is 2. The number of likely N-dealkylation sites (tertiary alicyclic amines) is 1. The fourth-order valence-corrected chi connectivity index (χ4v) is 5.09. The summed E-state index contributed by atoms with van der Waals surface area (Å²) in [5.41, 5.74) is 5.10. The molecule has 1 aliphatic heterocycles. The lowest BCUT2D eigenvalue weighted by molar-refractivity contribution is 0.0115. The highest BCUT2D eigenvalue weighted by atomic mass is 19.3. The highest BCUT2D eigenvalue weighted by molar-refractivity contribution is 5.94. The number of aromatic nitrogens is 5. The van der Waals surface area contributed by atoms with E-state index in [4.69, 9.17) is 0 Å². The van der Waals surface area contributed by atoms with E-state index in [0.29, 0.717) is 33.9 Å². The summed E-state index contributed by atoms with van der Waals surface area (Å²) in [6.45, 7) is 6.23. The molecular formula is C30H25F4N7. The number of pyridine rings is 3. The first kappa shape index (κ1) is 26.6. The molecule has 1 saturated heterocycles. The molecule has 0 radical (unpaired) electrons. The molecule has 6 rings (SSSR count). The lowest BCUT2D eigenvalue weighted by atomic mass is 10.0. The van der Waals surface area contributed by atoms with E-state index < -0.39 is 11.7 Å². The molecule has 0 bridgehead atoms. The van der Waals surface area contributed by atoms with Gasteiger partial charge in [-0.15, -0.1) is 0 Å². The maximum absolute atomic E-state index is 16.0. The Bertz CT molecular complexity index is 1770. The van der Waals surface area contributed by atoms with E-state index in [-0.39, 0.29) is 48.5 Å². The Hall–Kier alpha value is -4.64. The fourth-order valence-electron chi connectivity index (χ4n) is 5.09. The Morgan fingerprint density at radius 3 is 2.63 bits per heavy atom. The number of hydrogen-bond donors (Lipinski definition) is 2. The van der Waals surface area contributed by atoms with E-state index in [0.717, 1.165) is 11.1 Å². The number of fused-ring (bicyclic) bond motifs is 1. The van der Waals surface area contributed by atoms with Crippen LogP contribution in [0.5, 0.6) is 0 Å². The second-order valence-electron chi connectivity index (χ2n) is 10.1. The number of halogens is 4. The van der Waals surface area contributed by atoms with Gasteiger partial charge < -0.3 is 5.32 Å². The van der Waals surface area contributed by atoms with Crippen LogP contribution in [-0.4, -0.2) is 49.1 Å². The van der Waals surface area contributed by atoms with Crippen molar-refractivity contribution in [3.05, 3.63) is 96.2 Å². The van der Waals surface area contributed by atoms with Crippen molar-refractivity contribution in [1.29, 1.82) is 0 Å². The minimum absolute atomic E-state index is 0.148. The largest absolute Gasteiger partial charge is 0.354 e. The minimum atomic E-state index is -2.70. The van der Waals surface area contributed by atoms with Gasteiger partial charge in [-0.2, -0.15) is 5.10 Å². The van der Waals surface area contributed by atoms with E-state index >= 15 is 4.39 Å². The zero-order chi connectivity index (χ0) is 28.7. The van der Waals surface area contributed by atoms with E-state index in [1.165, 1.54) is 24.5 Å². The number of hydrogen-bond acceptors (Lipinski definition) is 6. The van der Waals surface area contributed by atoms with Crippen LogP contribution in [0.4, 0.5) is 23.2 Å². The van der Waals surface area contributed by atoms with Crippen molar-refractivity contribution in [2.24, 2.45) is 0 Å². The maximum atomic E-state index is 16.0. The van der Waals surface area contributed by atoms with Crippen LogP contribution >= 0.6 is 0 Å². The highest BCUT2D eigenvalue weighted by Gasteiger charge is 2.38. The fraction of sp³-hybridized carbons (Fsp3) is 0.200. The third-order valence-electron chi connectivity index (χ3n) is 7.19. The summed E-state index contributed by atoms with van der Waals surface area (Å²) >= 11 is 0. The van der Waals surface area contributed by atoms with Gasteiger partial charge in [0.15, 0.2) is 5.65 Å². The molecular weight excluding hydrogens is 534 g/mol. The quantitative estimate of drug-likeness (QED) is 0.219. The van der Waals surface area contributed by atoms with E-state index in [1.807, 2.05) is 6.92 Å².